The lowest BCUT2D eigenvalue weighted by Crippen LogP contribution is -2.28. The molecule has 1 aliphatic heterocycles. The molecule has 1 aliphatic rings. The zero-order chi connectivity index (χ0) is 13.9. The van der Waals surface area contributed by atoms with Gasteiger partial charge in [0, 0.05) is 34.3 Å². The molecule has 1 fully saturated rings. The number of hydrogen-bond donors (Lipinski definition) is 1. The fourth-order valence-electron chi connectivity index (χ4n) is 2.50. The molecule has 0 bridgehead atoms. The molecule has 1 aromatic rings. The molecule has 0 saturated carbocycles. The standard InChI is InChI=1S/C15H23ClN2S/c1-15(2)7-9-18(10-11-19-15)14-5-3-4-13(16)12(14)6-8-17/h3-5H,6-11,17H2,1-2H3. The van der Waals surface area contributed by atoms with Crippen LogP contribution in [-0.4, -0.2) is 30.1 Å². The average molecular weight is 299 g/mol. The van der Waals surface area contributed by atoms with Gasteiger partial charge in [-0.25, -0.2) is 0 Å². The maximum atomic E-state index is 6.34. The first kappa shape index (κ1) is 15.0. The van der Waals surface area contributed by atoms with Crippen molar-refractivity contribution in [3.63, 3.8) is 0 Å². The fraction of sp³-hybridized carbons (Fsp3) is 0.600. The Morgan fingerprint density at radius 1 is 1.37 bits per heavy atom. The average Bonchev–Trinajstić information content (AvgIpc) is 2.53. The van der Waals surface area contributed by atoms with Gasteiger partial charge in [0.15, 0.2) is 0 Å². The van der Waals surface area contributed by atoms with E-state index in [4.69, 9.17) is 17.3 Å². The molecule has 0 aromatic heterocycles. The monoisotopic (exact) mass is 298 g/mol. The second kappa shape index (κ2) is 6.38. The van der Waals surface area contributed by atoms with Crippen LogP contribution in [0.4, 0.5) is 5.69 Å². The van der Waals surface area contributed by atoms with Gasteiger partial charge in [-0.1, -0.05) is 31.5 Å². The van der Waals surface area contributed by atoms with Crippen molar-refractivity contribution in [2.45, 2.75) is 31.4 Å². The van der Waals surface area contributed by atoms with Crippen LogP contribution in [0.5, 0.6) is 0 Å². The molecule has 0 atom stereocenters. The highest BCUT2D eigenvalue weighted by Gasteiger charge is 2.24. The Morgan fingerprint density at radius 3 is 2.89 bits per heavy atom. The van der Waals surface area contributed by atoms with Crippen molar-refractivity contribution in [2.75, 3.05) is 30.3 Å². The van der Waals surface area contributed by atoms with Crippen LogP contribution in [0.15, 0.2) is 18.2 Å². The SMILES string of the molecule is CC1(C)CCN(c2cccc(Cl)c2CCN)CCS1. The van der Waals surface area contributed by atoms with Gasteiger partial charge in [0.25, 0.3) is 0 Å². The molecular formula is C15H23ClN2S. The van der Waals surface area contributed by atoms with Crippen molar-refractivity contribution in [1.82, 2.24) is 0 Å². The summed E-state index contributed by atoms with van der Waals surface area (Å²) in [5.41, 5.74) is 8.20. The summed E-state index contributed by atoms with van der Waals surface area (Å²) in [6, 6.07) is 6.19. The predicted octanol–water partition coefficient (Wildman–Crippen LogP) is 3.56. The lowest BCUT2D eigenvalue weighted by atomic mass is 10.1. The minimum atomic E-state index is 0.376. The Hall–Kier alpha value is -0.380. The van der Waals surface area contributed by atoms with Gasteiger partial charge < -0.3 is 10.6 Å². The Labute approximate surface area is 125 Å². The topological polar surface area (TPSA) is 29.3 Å². The minimum Gasteiger partial charge on any atom is -0.370 e. The van der Waals surface area contributed by atoms with Gasteiger partial charge >= 0.3 is 0 Å². The molecule has 2 rings (SSSR count). The third-order valence-electron chi connectivity index (χ3n) is 3.67. The van der Waals surface area contributed by atoms with Crippen LogP contribution in [0.1, 0.15) is 25.8 Å². The van der Waals surface area contributed by atoms with Gasteiger partial charge in [-0.2, -0.15) is 11.8 Å². The van der Waals surface area contributed by atoms with E-state index in [0.717, 1.165) is 24.5 Å². The van der Waals surface area contributed by atoms with Crippen LogP contribution in [-0.2, 0) is 6.42 Å². The molecule has 1 aromatic carbocycles. The third kappa shape index (κ3) is 3.80. The van der Waals surface area contributed by atoms with Crippen molar-refractivity contribution in [2.24, 2.45) is 5.73 Å². The number of nitrogens with zero attached hydrogens (tertiary/aromatic N) is 1. The summed E-state index contributed by atoms with van der Waals surface area (Å²) >= 11 is 8.40. The van der Waals surface area contributed by atoms with E-state index in [1.165, 1.54) is 23.4 Å². The number of nitrogens with two attached hydrogens (primary N) is 1. The van der Waals surface area contributed by atoms with Crippen LogP contribution < -0.4 is 10.6 Å². The van der Waals surface area contributed by atoms with Gasteiger partial charge in [0.2, 0.25) is 0 Å². The molecule has 106 valence electrons. The fourth-order valence-corrected chi connectivity index (χ4v) is 3.86. The summed E-state index contributed by atoms with van der Waals surface area (Å²) < 4.78 is 0.376. The van der Waals surface area contributed by atoms with Crippen molar-refractivity contribution in [3.05, 3.63) is 28.8 Å². The van der Waals surface area contributed by atoms with Crippen LogP contribution in [0, 0.1) is 0 Å². The van der Waals surface area contributed by atoms with E-state index >= 15 is 0 Å². The largest absolute Gasteiger partial charge is 0.370 e. The third-order valence-corrected chi connectivity index (χ3v) is 5.39. The molecule has 0 unspecified atom stereocenters. The molecule has 0 spiro atoms. The van der Waals surface area contributed by atoms with E-state index in [1.807, 2.05) is 12.1 Å². The van der Waals surface area contributed by atoms with Gasteiger partial charge in [-0.3, -0.25) is 0 Å². The number of halogens is 1. The maximum Gasteiger partial charge on any atom is 0.0459 e. The number of rotatable bonds is 3. The Morgan fingerprint density at radius 2 is 2.16 bits per heavy atom. The minimum absolute atomic E-state index is 0.376. The summed E-state index contributed by atoms with van der Waals surface area (Å²) in [4.78, 5) is 2.47. The van der Waals surface area contributed by atoms with Gasteiger partial charge in [0.05, 0.1) is 0 Å². The van der Waals surface area contributed by atoms with E-state index in [2.05, 4.69) is 36.6 Å². The van der Waals surface area contributed by atoms with E-state index in [1.54, 1.807) is 0 Å². The predicted molar refractivity (Wildman–Crippen MR) is 87.6 cm³/mol. The molecule has 1 heterocycles. The summed E-state index contributed by atoms with van der Waals surface area (Å²) in [6.45, 7) is 7.49. The van der Waals surface area contributed by atoms with Crippen LogP contribution in [0.25, 0.3) is 0 Å². The highest BCUT2D eigenvalue weighted by molar-refractivity contribution is 8.00. The van der Waals surface area contributed by atoms with Crippen molar-refractivity contribution in [3.8, 4) is 0 Å². The normalized spacial score (nSPS) is 19.3. The van der Waals surface area contributed by atoms with E-state index in [-0.39, 0.29) is 0 Å². The lowest BCUT2D eigenvalue weighted by molar-refractivity contribution is 0.636. The van der Waals surface area contributed by atoms with Crippen LogP contribution in [0.3, 0.4) is 0 Å². The molecule has 2 N–H and O–H groups in total. The first-order valence-corrected chi connectivity index (χ1v) is 8.26. The second-order valence-corrected chi connectivity index (χ2v) is 7.83. The summed E-state index contributed by atoms with van der Waals surface area (Å²) in [5, 5.41) is 0.846. The van der Waals surface area contributed by atoms with Crippen molar-refractivity contribution < 1.29 is 0 Å². The highest BCUT2D eigenvalue weighted by atomic mass is 35.5. The summed E-state index contributed by atoms with van der Waals surface area (Å²) in [6.07, 6.45) is 2.05. The number of hydrogen-bond acceptors (Lipinski definition) is 3. The molecule has 1 saturated heterocycles. The van der Waals surface area contributed by atoms with E-state index < -0.39 is 0 Å². The molecule has 4 heteroatoms. The van der Waals surface area contributed by atoms with E-state index in [9.17, 15) is 0 Å². The molecule has 0 amide bonds. The first-order valence-electron chi connectivity index (χ1n) is 6.90. The van der Waals surface area contributed by atoms with Crippen LogP contribution >= 0.6 is 23.4 Å². The number of benzene rings is 1. The number of thioether (sulfide) groups is 1. The van der Waals surface area contributed by atoms with Gasteiger partial charge in [-0.05, 0) is 37.1 Å². The quantitative estimate of drug-likeness (QED) is 0.925. The zero-order valence-corrected chi connectivity index (χ0v) is 13.4. The second-order valence-electron chi connectivity index (χ2n) is 5.62. The van der Waals surface area contributed by atoms with E-state index in [0.29, 0.717) is 11.3 Å². The molecule has 0 aliphatic carbocycles. The van der Waals surface area contributed by atoms with Crippen molar-refractivity contribution in [1.29, 1.82) is 0 Å². The Balaban J connectivity index is 2.23. The number of anilines is 1. The Bertz CT molecular complexity index is 434. The summed E-state index contributed by atoms with van der Waals surface area (Å²) in [5.74, 6) is 1.17. The van der Waals surface area contributed by atoms with Crippen molar-refractivity contribution >= 4 is 29.1 Å². The van der Waals surface area contributed by atoms with Gasteiger partial charge in [0.1, 0.15) is 0 Å². The highest BCUT2D eigenvalue weighted by Crippen LogP contribution is 2.34. The van der Waals surface area contributed by atoms with Gasteiger partial charge in [-0.15, -0.1) is 0 Å². The lowest BCUT2D eigenvalue weighted by Gasteiger charge is -2.27. The molecular weight excluding hydrogens is 276 g/mol. The smallest absolute Gasteiger partial charge is 0.0459 e. The maximum absolute atomic E-state index is 6.34. The summed E-state index contributed by atoms with van der Waals surface area (Å²) in [7, 11) is 0. The first-order chi connectivity index (χ1) is 9.03. The molecule has 2 nitrogen and oxygen atoms in total. The Kier molecular flexibility index (Phi) is 5.04. The molecule has 19 heavy (non-hydrogen) atoms. The molecule has 0 radical (unpaired) electrons. The van der Waals surface area contributed by atoms with Crippen LogP contribution in [0.2, 0.25) is 5.02 Å². The zero-order valence-electron chi connectivity index (χ0n) is 11.8.